The van der Waals surface area contributed by atoms with Crippen molar-refractivity contribution >= 4 is 11.3 Å². The molecule has 1 aromatic heterocycles. The van der Waals surface area contributed by atoms with Crippen LogP contribution >= 0.6 is 11.3 Å². The average molecular weight is 269 g/mol. The van der Waals surface area contributed by atoms with Crippen LogP contribution in [0.1, 0.15) is 30.2 Å². The van der Waals surface area contributed by atoms with Crippen molar-refractivity contribution in [2.24, 2.45) is 0 Å². The van der Waals surface area contributed by atoms with Crippen molar-refractivity contribution in [1.82, 2.24) is 15.2 Å². The lowest BCUT2D eigenvalue weighted by Crippen LogP contribution is -2.35. The van der Waals surface area contributed by atoms with Crippen LogP contribution in [0.2, 0.25) is 0 Å². The van der Waals surface area contributed by atoms with Crippen molar-refractivity contribution in [3.63, 3.8) is 0 Å². The quantitative estimate of drug-likeness (QED) is 0.855. The molecule has 0 radical (unpaired) electrons. The van der Waals surface area contributed by atoms with E-state index in [4.69, 9.17) is 4.74 Å². The first kappa shape index (κ1) is 13.9. The van der Waals surface area contributed by atoms with Gasteiger partial charge in [-0.05, 0) is 13.3 Å². The summed E-state index contributed by atoms with van der Waals surface area (Å²) >= 11 is 1.82. The monoisotopic (exact) mass is 269 g/mol. The second-order valence-electron chi connectivity index (χ2n) is 4.80. The standard InChI is InChI=1S/C13H23N3OS/c1-3-11(2)14-8-12-9-15-13(18-12)10-16-4-6-17-7-5-16/h9,11,14H,3-8,10H2,1-2H3. The van der Waals surface area contributed by atoms with Crippen LogP contribution in [0.25, 0.3) is 0 Å². The highest BCUT2D eigenvalue weighted by atomic mass is 32.1. The maximum Gasteiger partial charge on any atom is 0.107 e. The molecule has 18 heavy (non-hydrogen) atoms. The molecule has 0 aliphatic carbocycles. The van der Waals surface area contributed by atoms with Crippen LogP contribution in [-0.2, 0) is 17.8 Å². The molecule has 5 heteroatoms. The van der Waals surface area contributed by atoms with Gasteiger partial charge in [-0.1, -0.05) is 6.92 Å². The van der Waals surface area contributed by atoms with Gasteiger partial charge in [0.05, 0.1) is 19.8 Å². The molecule has 4 nitrogen and oxygen atoms in total. The molecule has 1 unspecified atom stereocenters. The smallest absolute Gasteiger partial charge is 0.107 e. The second-order valence-corrected chi connectivity index (χ2v) is 6.00. The van der Waals surface area contributed by atoms with Gasteiger partial charge in [0.1, 0.15) is 5.01 Å². The number of ether oxygens (including phenoxy) is 1. The molecule has 102 valence electrons. The summed E-state index contributed by atoms with van der Waals surface area (Å²) in [5.41, 5.74) is 0. The Morgan fingerprint density at radius 2 is 2.28 bits per heavy atom. The number of thiazole rings is 1. The van der Waals surface area contributed by atoms with E-state index in [1.807, 2.05) is 17.5 Å². The Labute approximate surface area is 113 Å². The second kappa shape index (κ2) is 7.19. The number of aromatic nitrogens is 1. The van der Waals surface area contributed by atoms with Crippen molar-refractivity contribution in [1.29, 1.82) is 0 Å². The summed E-state index contributed by atoms with van der Waals surface area (Å²) in [5, 5.41) is 4.72. The zero-order valence-electron chi connectivity index (χ0n) is 11.3. The first-order valence-electron chi connectivity index (χ1n) is 6.75. The molecule has 1 fully saturated rings. The molecule has 0 saturated carbocycles. The Morgan fingerprint density at radius 3 is 3.00 bits per heavy atom. The largest absolute Gasteiger partial charge is 0.379 e. The van der Waals surface area contributed by atoms with Crippen molar-refractivity contribution in [2.75, 3.05) is 26.3 Å². The highest BCUT2D eigenvalue weighted by molar-refractivity contribution is 7.11. The minimum atomic E-state index is 0.579. The number of rotatable bonds is 6. The minimum absolute atomic E-state index is 0.579. The Balaban J connectivity index is 1.78. The lowest BCUT2D eigenvalue weighted by atomic mass is 10.2. The number of hydrogen-bond acceptors (Lipinski definition) is 5. The van der Waals surface area contributed by atoms with E-state index in [9.17, 15) is 0 Å². The lowest BCUT2D eigenvalue weighted by Gasteiger charge is -2.25. The normalized spacial score (nSPS) is 19.0. The van der Waals surface area contributed by atoms with Gasteiger partial charge in [-0.25, -0.2) is 4.98 Å². The van der Waals surface area contributed by atoms with E-state index in [0.29, 0.717) is 6.04 Å². The fourth-order valence-corrected chi connectivity index (χ4v) is 2.79. The van der Waals surface area contributed by atoms with E-state index in [2.05, 4.69) is 29.0 Å². The molecular weight excluding hydrogens is 246 g/mol. The number of morpholine rings is 1. The molecule has 0 bridgehead atoms. The van der Waals surface area contributed by atoms with Gasteiger partial charge in [-0.3, -0.25) is 4.90 Å². The third kappa shape index (κ3) is 4.31. The van der Waals surface area contributed by atoms with Gasteiger partial charge < -0.3 is 10.1 Å². The van der Waals surface area contributed by atoms with Crippen LogP contribution in [0, 0.1) is 0 Å². The van der Waals surface area contributed by atoms with Crippen LogP contribution < -0.4 is 5.32 Å². The number of nitrogens with zero attached hydrogens (tertiary/aromatic N) is 2. The molecule has 1 aliphatic heterocycles. The van der Waals surface area contributed by atoms with E-state index in [1.54, 1.807) is 0 Å². The maximum absolute atomic E-state index is 5.35. The predicted octanol–water partition coefficient (Wildman–Crippen LogP) is 1.86. The Bertz CT molecular complexity index is 350. The van der Waals surface area contributed by atoms with Gasteiger partial charge in [0.2, 0.25) is 0 Å². The third-order valence-corrected chi connectivity index (χ3v) is 4.28. The van der Waals surface area contributed by atoms with Crippen LogP contribution in [-0.4, -0.2) is 42.2 Å². The Morgan fingerprint density at radius 1 is 1.50 bits per heavy atom. The van der Waals surface area contributed by atoms with E-state index < -0.39 is 0 Å². The Hall–Kier alpha value is -0.490. The van der Waals surface area contributed by atoms with E-state index in [0.717, 1.165) is 39.4 Å². The molecule has 1 N–H and O–H groups in total. The molecule has 1 aliphatic rings. The van der Waals surface area contributed by atoms with Gasteiger partial charge in [0, 0.05) is 36.8 Å². The van der Waals surface area contributed by atoms with Crippen molar-refractivity contribution in [3.05, 3.63) is 16.1 Å². The van der Waals surface area contributed by atoms with E-state index in [1.165, 1.54) is 16.3 Å². The fourth-order valence-electron chi connectivity index (χ4n) is 1.87. The van der Waals surface area contributed by atoms with Crippen molar-refractivity contribution < 1.29 is 4.74 Å². The highest BCUT2D eigenvalue weighted by Gasteiger charge is 2.12. The maximum atomic E-state index is 5.35. The minimum Gasteiger partial charge on any atom is -0.379 e. The number of hydrogen-bond donors (Lipinski definition) is 1. The van der Waals surface area contributed by atoms with Crippen molar-refractivity contribution in [2.45, 2.75) is 39.4 Å². The summed E-state index contributed by atoms with van der Waals surface area (Å²) in [6.07, 6.45) is 3.18. The molecule has 0 aromatic carbocycles. The third-order valence-electron chi connectivity index (χ3n) is 3.30. The summed E-state index contributed by atoms with van der Waals surface area (Å²) in [7, 11) is 0. The average Bonchev–Trinajstić information content (AvgIpc) is 2.85. The molecule has 2 rings (SSSR count). The van der Waals surface area contributed by atoms with Crippen LogP contribution in [0.3, 0.4) is 0 Å². The molecule has 0 amide bonds. The van der Waals surface area contributed by atoms with Gasteiger partial charge in [0.25, 0.3) is 0 Å². The zero-order valence-corrected chi connectivity index (χ0v) is 12.1. The summed E-state index contributed by atoms with van der Waals surface area (Å²) in [6.45, 7) is 10.1. The molecule has 1 atom stereocenters. The summed E-state index contributed by atoms with van der Waals surface area (Å²) in [5.74, 6) is 0. The summed E-state index contributed by atoms with van der Waals surface area (Å²) < 4.78 is 5.35. The van der Waals surface area contributed by atoms with Crippen LogP contribution in [0.5, 0.6) is 0 Å². The molecular formula is C13H23N3OS. The summed E-state index contributed by atoms with van der Waals surface area (Å²) in [4.78, 5) is 8.25. The highest BCUT2D eigenvalue weighted by Crippen LogP contribution is 2.15. The van der Waals surface area contributed by atoms with Crippen molar-refractivity contribution in [3.8, 4) is 0 Å². The molecule has 2 heterocycles. The number of nitrogens with one attached hydrogen (secondary N) is 1. The molecule has 1 saturated heterocycles. The van der Waals surface area contributed by atoms with Gasteiger partial charge in [0.15, 0.2) is 0 Å². The van der Waals surface area contributed by atoms with Crippen LogP contribution in [0.4, 0.5) is 0 Å². The SMILES string of the molecule is CCC(C)NCc1cnc(CN2CCOCC2)s1. The Kier molecular flexibility index (Phi) is 5.56. The zero-order chi connectivity index (χ0) is 12.8. The topological polar surface area (TPSA) is 37.4 Å². The fraction of sp³-hybridized carbons (Fsp3) is 0.769. The van der Waals surface area contributed by atoms with E-state index in [-0.39, 0.29) is 0 Å². The predicted molar refractivity (Wildman–Crippen MR) is 74.8 cm³/mol. The summed E-state index contributed by atoms with van der Waals surface area (Å²) in [6, 6.07) is 0.579. The van der Waals surface area contributed by atoms with Gasteiger partial charge >= 0.3 is 0 Å². The first-order valence-corrected chi connectivity index (χ1v) is 7.56. The molecule has 0 spiro atoms. The van der Waals surface area contributed by atoms with Gasteiger partial charge in [-0.15, -0.1) is 11.3 Å². The molecule has 1 aromatic rings. The van der Waals surface area contributed by atoms with Gasteiger partial charge in [-0.2, -0.15) is 0 Å². The first-order chi connectivity index (χ1) is 8.78. The lowest BCUT2D eigenvalue weighted by molar-refractivity contribution is 0.0341. The van der Waals surface area contributed by atoms with E-state index >= 15 is 0 Å². The van der Waals surface area contributed by atoms with Crippen LogP contribution in [0.15, 0.2) is 6.20 Å².